The zero-order valence-electron chi connectivity index (χ0n) is 16.9. The minimum atomic E-state index is -0.654. The summed E-state index contributed by atoms with van der Waals surface area (Å²) in [6.07, 6.45) is 0. The van der Waals surface area contributed by atoms with E-state index in [-0.39, 0.29) is 28.3 Å². The van der Waals surface area contributed by atoms with Crippen LogP contribution >= 0.6 is 0 Å². The standard InChI is InChI=1S/C20H19N5O6/c1-10-18(12-4-6-14(21)16(8-12)24(27)28)19(20(26)31-3)11(2)23(10)13-5-7-15(22)17(9-13)25(29)30/h4-9H,21-22H2,1-3H3. The lowest BCUT2D eigenvalue weighted by atomic mass is 9.99. The second kappa shape index (κ2) is 7.78. The number of rotatable bonds is 5. The summed E-state index contributed by atoms with van der Waals surface area (Å²) in [5.41, 5.74) is 13.1. The Hall–Kier alpha value is -4.41. The van der Waals surface area contributed by atoms with Crippen molar-refractivity contribution < 1.29 is 19.4 Å². The first-order chi connectivity index (χ1) is 14.6. The van der Waals surface area contributed by atoms with Crippen LogP contribution in [0.1, 0.15) is 21.7 Å². The Balaban J connectivity index is 2.36. The van der Waals surface area contributed by atoms with Crippen LogP contribution in [0.4, 0.5) is 22.7 Å². The number of esters is 1. The van der Waals surface area contributed by atoms with Gasteiger partial charge in [0.25, 0.3) is 11.4 Å². The molecule has 0 radical (unpaired) electrons. The van der Waals surface area contributed by atoms with Gasteiger partial charge in [0, 0.05) is 29.1 Å². The number of aromatic nitrogens is 1. The predicted octanol–water partition coefficient (Wildman–Crippen LogP) is 3.53. The van der Waals surface area contributed by atoms with Crippen LogP contribution in [0.25, 0.3) is 16.8 Å². The van der Waals surface area contributed by atoms with Gasteiger partial charge in [-0.25, -0.2) is 4.79 Å². The molecule has 3 aromatic rings. The van der Waals surface area contributed by atoms with Gasteiger partial charge in [-0.2, -0.15) is 0 Å². The Morgan fingerprint density at radius 2 is 1.48 bits per heavy atom. The van der Waals surface area contributed by atoms with E-state index < -0.39 is 15.8 Å². The number of nitrogens with two attached hydrogens (primary N) is 2. The number of ether oxygens (including phenoxy) is 1. The molecule has 11 nitrogen and oxygen atoms in total. The number of nitrogen functional groups attached to an aromatic ring is 2. The molecule has 0 fully saturated rings. The maximum Gasteiger partial charge on any atom is 0.340 e. The molecule has 2 aromatic carbocycles. The van der Waals surface area contributed by atoms with Gasteiger partial charge < -0.3 is 20.8 Å². The molecule has 0 aliphatic heterocycles. The molecule has 0 saturated heterocycles. The van der Waals surface area contributed by atoms with Crippen LogP contribution in [0, 0.1) is 34.1 Å². The highest BCUT2D eigenvalue weighted by atomic mass is 16.6. The minimum Gasteiger partial charge on any atom is -0.465 e. The lowest BCUT2D eigenvalue weighted by Crippen LogP contribution is -2.06. The summed E-state index contributed by atoms with van der Waals surface area (Å²) in [7, 11) is 1.22. The highest BCUT2D eigenvalue weighted by Crippen LogP contribution is 2.38. The van der Waals surface area contributed by atoms with Gasteiger partial charge in [0.05, 0.1) is 28.2 Å². The van der Waals surface area contributed by atoms with Crippen molar-refractivity contribution >= 4 is 28.7 Å². The first-order valence-corrected chi connectivity index (χ1v) is 8.97. The van der Waals surface area contributed by atoms with Crippen LogP contribution in [-0.2, 0) is 4.74 Å². The molecule has 0 saturated carbocycles. The molecule has 0 aliphatic carbocycles. The van der Waals surface area contributed by atoms with Crippen molar-refractivity contribution in [3.8, 4) is 16.8 Å². The first kappa shape index (κ1) is 21.3. The maximum atomic E-state index is 12.6. The topological polar surface area (TPSA) is 170 Å². The number of methoxy groups -OCH3 is 1. The van der Waals surface area contributed by atoms with E-state index in [0.29, 0.717) is 28.2 Å². The number of nitro benzene ring substituents is 2. The summed E-state index contributed by atoms with van der Waals surface area (Å²) in [6, 6.07) is 8.50. The quantitative estimate of drug-likeness (QED) is 0.270. The summed E-state index contributed by atoms with van der Waals surface area (Å²) in [6.45, 7) is 3.34. The van der Waals surface area contributed by atoms with E-state index >= 15 is 0 Å². The number of nitrogens with zero attached hydrogens (tertiary/aromatic N) is 3. The normalized spacial score (nSPS) is 10.7. The summed E-state index contributed by atoms with van der Waals surface area (Å²) < 4.78 is 6.56. The van der Waals surface area contributed by atoms with E-state index in [0.717, 1.165) is 0 Å². The number of hydrogen-bond acceptors (Lipinski definition) is 8. The number of anilines is 2. The lowest BCUT2D eigenvalue weighted by Gasteiger charge is -2.11. The van der Waals surface area contributed by atoms with Gasteiger partial charge in [0.1, 0.15) is 11.4 Å². The molecule has 0 spiro atoms. The third-order valence-corrected chi connectivity index (χ3v) is 5.02. The van der Waals surface area contributed by atoms with Gasteiger partial charge in [-0.15, -0.1) is 0 Å². The number of benzene rings is 2. The van der Waals surface area contributed by atoms with Crippen LogP contribution in [0.15, 0.2) is 36.4 Å². The van der Waals surface area contributed by atoms with E-state index in [1.54, 1.807) is 30.5 Å². The molecule has 1 heterocycles. The lowest BCUT2D eigenvalue weighted by molar-refractivity contribution is -0.384. The smallest absolute Gasteiger partial charge is 0.340 e. The van der Waals surface area contributed by atoms with Crippen molar-refractivity contribution in [3.63, 3.8) is 0 Å². The van der Waals surface area contributed by atoms with Crippen molar-refractivity contribution in [3.05, 3.63) is 73.6 Å². The molecule has 0 amide bonds. The van der Waals surface area contributed by atoms with Crippen LogP contribution in [0.2, 0.25) is 0 Å². The summed E-state index contributed by atoms with van der Waals surface area (Å²) >= 11 is 0. The van der Waals surface area contributed by atoms with Gasteiger partial charge in [-0.3, -0.25) is 20.2 Å². The fourth-order valence-electron chi connectivity index (χ4n) is 3.62. The third-order valence-electron chi connectivity index (χ3n) is 5.02. The number of nitro groups is 2. The fourth-order valence-corrected chi connectivity index (χ4v) is 3.62. The monoisotopic (exact) mass is 425 g/mol. The SMILES string of the molecule is COC(=O)c1c(-c2ccc(N)c([N+](=O)[O-])c2)c(C)n(-c2ccc(N)c([N+](=O)[O-])c2)c1C. The second-order valence-corrected chi connectivity index (χ2v) is 6.78. The molecular formula is C20H19N5O6. The molecule has 160 valence electrons. The Morgan fingerprint density at radius 1 is 0.935 bits per heavy atom. The van der Waals surface area contributed by atoms with Crippen LogP contribution in [0.3, 0.4) is 0 Å². The molecule has 0 bridgehead atoms. The van der Waals surface area contributed by atoms with Crippen LogP contribution in [0.5, 0.6) is 0 Å². The van der Waals surface area contributed by atoms with Gasteiger partial charge in [0.2, 0.25) is 0 Å². The Bertz CT molecular complexity index is 1250. The average molecular weight is 425 g/mol. The van der Waals surface area contributed by atoms with Gasteiger partial charge >= 0.3 is 5.97 Å². The highest BCUT2D eigenvalue weighted by Gasteiger charge is 2.27. The van der Waals surface area contributed by atoms with Crippen molar-refractivity contribution in [1.82, 2.24) is 4.57 Å². The molecule has 11 heteroatoms. The van der Waals surface area contributed by atoms with Crippen molar-refractivity contribution in [2.45, 2.75) is 13.8 Å². The van der Waals surface area contributed by atoms with Crippen molar-refractivity contribution in [1.29, 1.82) is 0 Å². The molecule has 0 atom stereocenters. The van der Waals surface area contributed by atoms with Crippen molar-refractivity contribution in [2.24, 2.45) is 0 Å². The van der Waals surface area contributed by atoms with Crippen LogP contribution in [-0.4, -0.2) is 27.5 Å². The zero-order valence-corrected chi connectivity index (χ0v) is 16.9. The van der Waals surface area contributed by atoms with E-state index in [9.17, 15) is 25.0 Å². The average Bonchev–Trinajstić information content (AvgIpc) is 2.98. The number of hydrogen-bond donors (Lipinski definition) is 2. The van der Waals surface area contributed by atoms with E-state index in [4.69, 9.17) is 16.2 Å². The molecular weight excluding hydrogens is 406 g/mol. The van der Waals surface area contributed by atoms with Crippen LogP contribution < -0.4 is 11.5 Å². The fraction of sp³-hybridized carbons (Fsp3) is 0.150. The Kier molecular flexibility index (Phi) is 5.35. The first-order valence-electron chi connectivity index (χ1n) is 8.97. The molecule has 31 heavy (non-hydrogen) atoms. The molecule has 0 unspecified atom stereocenters. The van der Waals surface area contributed by atoms with Gasteiger partial charge in [0.15, 0.2) is 0 Å². The summed E-state index contributed by atoms with van der Waals surface area (Å²) in [5, 5.41) is 22.7. The summed E-state index contributed by atoms with van der Waals surface area (Å²) in [4.78, 5) is 34.1. The predicted molar refractivity (Wildman–Crippen MR) is 114 cm³/mol. The van der Waals surface area contributed by atoms with Gasteiger partial charge in [-0.05, 0) is 37.6 Å². The highest BCUT2D eigenvalue weighted by molar-refractivity contribution is 6.00. The Morgan fingerprint density at radius 3 is 2.03 bits per heavy atom. The molecule has 4 N–H and O–H groups in total. The van der Waals surface area contributed by atoms with Gasteiger partial charge in [-0.1, -0.05) is 6.07 Å². The minimum absolute atomic E-state index is 0.00112. The Labute approximate surface area is 176 Å². The molecule has 0 aliphatic rings. The zero-order chi connectivity index (χ0) is 23.0. The second-order valence-electron chi connectivity index (χ2n) is 6.78. The molecule has 1 aromatic heterocycles. The number of carbonyl (C=O) groups excluding carboxylic acids is 1. The maximum absolute atomic E-state index is 12.6. The summed E-state index contributed by atoms with van der Waals surface area (Å²) in [5.74, 6) is -0.654. The molecule has 3 rings (SSSR count). The third kappa shape index (κ3) is 3.52. The van der Waals surface area contributed by atoms with E-state index in [1.807, 2.05) is 0 Å². The number of carbonyl (C=O) groups is 1. The largest absolute Gasteiger partial charge is 0.465 e. The van der Waals surface area contributed by atoms with E-state index in [1.165, 1.54) is 31.4 Å². The van der Waals surface area contributed by atoms with Crippen molar-refractivity contribution in [2.75, 3.05) is 18.6 Å². The van der Waals surface area contributed by atoms with E-state index in [2.05, 4.69) is 0 Å².